The Balaban J connectivity index is 1.29. The molecule has 6 heteroatoms. The summed E-state index contributed by atoms with van der Waals surface area (Å²) in [6.45, 7) is 6.60. The summed E-state index contributed by atoms with van der Waals surface area (Å²) in [4.78, 5) is 20.6. The van der Waals surface area contributed by atoms with Gasteiger partial charge < -0.3 is 14.5 Å². The smallest absolute Gasteiger partial charge is 0.230 e. The SMILES string of the molecule is COc1cc(F)ccc1N1CCN(CC2CCc3cc(C)ccc3N2C(=O)C2CCCC2)CC1. The Morgan fingerprint density at radius 2 is 1.74 bits per heavy atom. The number of aryl methyl sites for hydroxylation is 2. The monoisotopic (exact) mass is 465 g/mol. The van der Waals surface area contributed by atoms with Crippen molar-refractivity contribution >= 4 is 17.3 Å². The minimum atomic E-state index is -0.279. The number of methoxy groups -OCH3 is 1. The molecule has 34 heavy (non-hydrogen) atoms. The Bertz CT molecular complexity index is 1030. The average molecular weight is 466 g/mol. The number of hydrogen-bond donors (Lipinski definition) is 0. The lowest BCUT2D eigenvalue weighted by Gasteiger charge is -2.43. The molecule has 0 radical (unpaired) electrons. The first kappa shape index (κ1) is 23.2. The Morgan fingerprint density at radius 3 is 2.47 bits per heavy atom. The zero-order valence-electron chi connectivity index (χ0n) is 20.4. The van der Waals surface area contributed by atoms with E-state index in [1.165, 1.54) is 36.1 Å². The van der Waals surface area contributed by atoms with E-state index in [-0.39, 0.29) is 17.8 Å². The van der Waals surface area contributed by atoms with E-state index < -0.39 is 0 Å². The van der Waals surface area contributed by atoms with Gasteiger partial charge in [-0.25, -0.2) is 4.39 Å². The molecular formula is C28H36FN3O2. The predicted molar refractivity (Wildman–Crippen MR) is 134 cm³/mol. The summed E-state index contributed by atoms with van der Waals surface area (Å²) in [7, 11) is 1.59. The Labute approximate surface area is 202 Å². The molecule has 1 aliphatic carbocycles. The number of benzene rings is 2. The van der Waals surface area contributed by atoms with Crippen LogP contribution in [0.1, 0.15) is 43.2 Å². The minimum absolute atomic E-state index is 0.178. The first-order chi connectivity index (χ1) is 16.5. The molecule has 1 saturated carbocycles. The number of hydrogen-bond acceptors (Lipinski definition) is 4. The van der Waals surface area contributed by atoms with Gasteiger partial charge in [-0.2, -0.15) is 0 Å². The number of nitrogens with zero attached hydrogens (tertiary/aromatic N) is 3. The number of fused-ring (bicyclic) bond motifs is 1. The summed E-state index contributed by atoms with van der Waals surface area (Å²) in [5.74, 6) is 0.819. The van der Waals surface area contributed by atoms with Gasteiger partial charge in [-0.3, -0.25) is 9.69 Å². The summed E-state index contributed by atoms with van der Waals surface area (Å²) in [6, 6.07) is 11.6. The normalized spacial score (nSPS) is 21.6. The maximum atomic E-state index is 13.7. The molecule has 1 amide bonds. The standard InChI is InChI=1S/C28H36FN3O2/c1-20-7-11-25-22(17-20)8-10-24(32(25)28(33)21-5-3-4-6-21)19-30-13-15-31(16-14-30)26-12-9-23(29)18-27(26)34-2/h7,9,11-12,17-18,21,24H,3-6,8,10,13-16,19H2,1-2H3. The van der Waals surface area contributed by atoms with Gasteiger partial charge in [0, 0.05) is 56.4 Å². The van der Waals surface area contributed by atoms with E-state index in [1.54, 1.807) is 7.11 Å². The van der Waals surface area contributed by atoms with E-state index in [2.05, 4.69) is 39.8 Å². The minimum Gasteiger partial charge on any atom is -0.494 e. The lowest BCUT2D eigenvalue weighted by molar-refractivity contribution is -0.122. The van der Waals surface area contributed by atoms with Crippen LogP contribution in [-0.2, 0) is 11.2 Å². The van der Waals surface area contributed by atoms with Gasteiger partial charge in [0.15, 0.2) is 0 Å². The van der Waals surface area contributed by atoms with Crippen molar-refractivity contribution in [1.82, 2.24) is 4.90 Å². The summed E-state index contributed by atoms with van der Waals surface area (Å²) in [6.07, 6.45) is 6.45. The van der Waals surface area contributed by atoms with Gasteiger partial charge in [0.05, 0.1) is 12.8 Å². The fourth-order valence-electron chi connectivity index (χ4n) is 6.02. The Hall–Kier alpha value is -2.60. The molecule has 2 heterocycles. The quantitative estimate of drug-likeness (QED) is 0.635. The Morgan fingerprint density at radius 1 is 1.00 bits per heavy atom. The van der Waals surface area contributed by atoms with Crippen molar-refractivity contribution in [2.45, 2.75) is 51.5 Å². The lowest BCUT2D eigenvalue weighted by atomic mass is 9.92. The van der Waals surface area contributed by atoms with Crippen LogP contribution in [0, 0.1) is 18.7 Å². The van der Waals surface area contributed by atoms with Crippen molar-refractivity contribution in [1.29, 1.82) is 0 Å². The third-order valence-electron chi connectivity index (χ3n) is 7.87. The Kier molecular flexibility index (Phi) is 6.77. The largest absolute Gasteiger partial charge is 0.494 e. The van der Waals surface area contributed by atoms with Crippen LogP contribution in [0.4, 0.5) is 15.8 Å². The van der Waals surface area contributed by atoms with E-state index in [1.807, 2.05) is 6.07 Å². The lowest BCUT2D eigenvalue weighted by Crippen LogP contribution is -2.55. The highest BCUT2D eigenvalue weighted by Crippen LogP contribution is 2.36. The first-order valence-corrected chi connectivity index (χ1v) is 12.8. The second-order valence-corrected chi connectivity index (χ2v) is 10.1. The molecule has 2 aliphatic heterocycles. The molecule has 0 bridgehead atoms. The molecule has 1 unspecified atom stereocenters. The molecule has 182 valence electrons. The highest BCUT2D eigenvalue weighted by molar-refractivity contribution is 5.97. The molecule has 3 aliphatic rings. The van der Waals surface area contributed by atoms with Crippen LogP contribution in [0.25, 0.3) is 0 Å². The van der Waals surface area contributed by atoms with Crippen molar-refractivity contribution in [3.8, 4) is 5.75 Å². The van der Waals surface area contributed by atoms with Gasteiger partial charge in [0.2, 0.25) is 5.91 Å². The van der Waals surface area contributed by atoms with Crippen LogP contribution < -0.4 is 14.5 Å². The number of ether oxygens (including phenoxy) is 1. The van der Waals surface area contributed by atoms with E-state index >= 15 is 0 Å². The number of carbonyl (C=O) groups is 1. The van der Waals surface area contributed by atoms with Crippen molar-refractivity contribution in [2.24, 2.45) is 5.92 Å². The molecule has 2 aromatic rings. The summed E-state index contributed by atoms with van der Waals surface area (Å²) < 4.78 is 19.0. The fourth-order valence-corrected chi connectivity index (χ4v) is 6.02. The van der Waals surface area contributed by atoms with Crippen LogP contribution in [0.5, 0.6) is 5.75 Å². The third kappa shape index (κ3) is 4.65. The van der Waals surface area contributed by atoms with Gasteiger partial charge in [0.1, 0.15) is 11.6 Å². The molecule has 2 fully saturated rings. The van der Waals surface area contributed by atoms with Gasteiger partial charge in [-0.05, 0) is 56.4 Å². The van der Waals surface area contributed by atoms with Crippen LogP contribution in [-0.4, -0.2) is 56.7 Å². The fraction of sp³-hybridized carbons (Fsp3) is 0.536. The zero-order chi connectivity index (χ0) is 23.7. The van der Waals surface area contributed by atoms with Crippen molar-refractivity contribution in [3.63, 3.8) is 0 Å². The number of carbonyl (C=O) groups excluding carboxylic acids is 1. The average Bonchev–Trinajstić information content (AvgIpc) is 3.39. The second kappa shape index (κ2) is 9.95. The van der Waals surface area contributed by atoms with Crippen LogP contribution in [0.15, 0.2) is 36.4 Å². The van der Waals surface area contributed by atoms with Gasteiger partial charge in [0.25, 0.3) is 0 Å². The van der Waals surface area contributed by atoms with E-state index in [0.717, 1.165) is 69.8 Å². The van der Waals surface area contributed by atoms with Crippen molar-refractivity contribution in [3.05, 3.63) is 53.3 Å². The number of amides is 1. The number of anilines is 2. The van der Waals surface area contributed by atoms with Gasteiger partial charge >= 0.3 is 0 Å². The van der Waals surface area contributed by atoms with E-state index in [9.17, 15) is 9.18 Å². The molecule has 1 atom stereocenters. The zero-order valence-corrected chi connectivity index (χ0v) is 20.4. The summed E-state index contributed by atoms with van der Waals surface area (Å²) in [5, 5.41) is 0. The molecule has 5 rings (SSSR count). The number of rotatable bonds is 5. The van der Waals surface area contributed by atoms with Crippen LogP contribution in [0.3, 0.4) is 0 Å². The van der Waals surface area contributed by atoms with Crippen LogP contribution in [0.2, 0.25) is 0 Å². The highest BCUT2D eigenvalue weighted by Gasteiger charge is 2.37. The molecule has 2 aromatic carbocycles. The van der Waals surface area contributed by atoms with E-state index in [4.69, 9.17) is 4.74 Å². The second-order valence-electron chi connectivity index (χ2n) is 10.1. The number of piperazine rings is 1. The maximum Gasteiger partial charge on any atom is 0.230 e. The summed E-state index contributed by atoms with van der Waals surface area (Å²) >= 11 is 0. The topological polar surface area (TPSA) is 36.0 Å². The molecule has 0 N–H and O–H groups in total. The number of halogens is 1. The van der Waals surface area contributed by atoms with E-state index in [0.29, 0.717) is 11.7 Å². The highest BCUT2D eigenvalue weighted by atomic mass is 19.1. The molecule has 5 nitrogen and oxygen atoms in total. The van der Waals surface area contributed by atoms with Gasteiger partial charge in [-0.15, -0.1) is 0 Å². The summed E-state index contributed by atoms with van der Waals surface area (Å²) in [5.41, 5.74) is 4.66. The third-order valence-corrected chi connectivity index (χ3v) is 7.87. The maximum absolute atomic E-state index is 13.7. The first-order valence-electron chi connectivity index (χ1n) is 12.8. The molecule has 1 saturated heterocycles. The van der Waals surface area contributed by atoms with Gasteiger partial charge in [-0.1, -0.05) is 30.5 Å². The predicted octanol–water partition coefficient (Wildman–Crippen LogP) is 4.80. The molecule has 0 spiro atoms. The van der Waals surface area contributed by atoms with Crippen LogP contribution >= 0.6 is 0 Å². The van der Waals surface area contributed by atoms with Crippen molar-refractivity contribution < 1.29 is 13.9 Å². The van der Waals surface area contributed by atoms with Crippen molar-refractivity contribution in [2.75, 3.05) is 49.6 Å². The molecular weight excluding hydrogens is 429 g/mol. The molecule has 0 aromatic heterocycles.